The molecule has 0 aliphatic carbocycles. The summed E-state index contributed by atoms with van der Waals surface area (Å²) in [6.07, 6.45) is 2.82. The Morgan fingerprint density at radius 2 is 1.83 bits per heavy atom. The number of benzene rings is 3. The lowest BCUT2D eigenvalue weighted by molar-refractivity contribution is 0.0925. The second-order valence-electron chi connectivity index (χ2n) is 11.1. The van der Waals surface area contributed by atoms with Crippen LogP contribution in [0.25, 0.3) is 22.2 Å². The zero-order valence-corrected chi connectivity index (χ0v) is 25.2. The molecule has 216 valence electrons. The van der Waals surface area contributed by atoms with Crippen LogP contribution in [0.15, 0.2) is 65.6 Å². The molecule has 2 heterocycles. The molecule has 8 nitrogen and oxygen atoms in total. The summed E-state index contributed by atoms with van der Waals surface area (Å²) < 4.78 is 31.8. The number of halogens is 1. The van der Waals surface area contributed by atoms with Crippen LogP contribution in [0.2, 0.25) is 5.02 Å². The Morgan fingerprint density at radius 3 is 2.51 bits per heavy atom. The highest BCUT2D eigenvalue weighted by molar-refractivity contribution is 7.90. The van der Waals surface area contributed by atoms with E-state index in [0.717, 1.165) is 37.0 Å². The van der Waals surface area contributed by atoms with Gasteiger partial charge >= 0.3 is 0 Å². The van der Waals surface area contributed by atoms with Crippen LogP contribution >= 0.6 is 11.6 Å². The first-order valence-corrected chi connectivity index (χ1v) is 16.0. The highest BCUT2D eigenvalue weighted by Gasteiger charge is 2.24. The molecule has 1 amide bonds. The van der Waals surface area contributed by atoms with Crippen LogP contribution in [0.4, 0.5) is 0 Å². The highest BCUT2D eigenvalue weighted by Crippen LogP contribution is 2.35. The lowest BCUT2D eigenvalue weighted by Gasteiger charge is -2.29. The number of hydrogen-bond acceptors (Lipinski definition) is 6. The minimum Gasteiger partial charge on any atom is -0.489 e. The molecule has 0 bridgehead atoms. The van der Waals surface area contributed by atoms with Gasteiger partial charge in [-0.05, 0) is 73.8 Å². The molecule has 1 fully saturated rings. The van der Waals surface area contributed by atoms with Crippen molar-refractivity contribution in [3.63, 3.8) is 0 Å². The van der Waals surface area contributed by atoms with Crippen molar-refractivity contribution in [2.75, 3.05) is 26.4 Å². The van der Waals surface area contributed by atoms with E-state index in [1.54, 1.807) is 30.3 Å². The Hall–Kier alpha value is -3.40. The van der Waals surface area contributed by atoms with Crippen molar-refractivity contribution < 1.29 is 17.9 Å². The Bertz CT molecular complexity index is 1680. The van der Waals surface area contributed by atoms with Gasteiger partial charge in [0.05, 0.1) is 17.3 Å². The van der Waals surface area contributed by atoms with E-state index < -0.39 is 9.84 Å². The van der Waals surface area contributed by atoms with E-state index in [1.807, 2.05) is 44.2 Å². The summed E-state index contributed by atoms with van der Waals surface area (Å²) in [6.45, 7) is 5.88. The van der Waals surface area contributed by atoms with Gasteiger partial charge in [0, 0.05) is 40.9 Å². The maximum Gasteiger partial charge on any atom is 0.251 e. The number of sulfone groups is 1. The van der Waals surface area contributed by atoms with Crippen molar-refractivity contribution >= 4 is 38.2 Å². The Balaban J connectivity index is 1.46. The number of rotatable bonds is 8. The predicted octanol–water partition coefficient (Wildman–Crippen LogP) is 5.89. The van der Waals surface area contributed by atoms with Crippen LogP contribution in [0.1, 0.15) is 48.7 Å². The first-order chi connectivity index (χ1) is 19.5. The van der Waals surface area contributed by atoms with Gasteiger partial charge < -0.3 is 15.0 Å². The molecule has 2 N–H and O–H groups in total. The number of hydrogen-bond donors (Lipinski definition) is 2. The van der Waals surface area contributed by atoms with E-state index in [4.69, 9.17) is 16.3 Å². The van der Waals surface area contributed by atoms with E-state index >= 15 is 0 Å². The summed E-state index contributed by atoms with van der Waals surface area (Å²) in [5.74, 6) is 0.220. The van der Waals surface area contributed by atoms with Gasteiger partial charge in [-0.25, -0.2) is 8.42 Å². The number of H-pyrrole nitrogens is 1. The fourth-order valence-electron chi connectivity index (χ4n) is 5.26. The number of carbonyl (C=O) groups is 1. The molecule has 1 aliphatic heterocycles. The standard InChI is InChI=1S/C31H35ClN4O4S/c1-19(2)29(23-7-5-6-8-25(23)32)33-31(37)21-9-11-26-24(17-21)30(35-34-26)20-10-12-27(28(18-20)41(4,38)39)40-22-13-15-36(3)16-14-22/h5-12,17-19,22,29H,13-16H2,1-4H3,(H,33,37)(H,34,35)/t29-/m0/s1. The third-order valence-electron chi connectivity index (χ3n) is 7.59. The Morgan fingerprint density at radius 1 is 1.10 bits per heavy atom. The van der Waals surface area contributed by atoms with Crippen molar-refractivity contribution in [3.8, 4) is 17.0 Å². The number of nitrogens with zero attached hydrogens (tertiary/aromatic N) is 2. The van der Waals surface area contributed by atoms with Gasteiger partial charge in [0.2, 0.25) is 0 Å². The van der Waals surface area contributed by atoms with Crippen LogP contribution in [0.5, 0.6) is 5.75 Å². The van der Waals surface area contributed by atoms with Gasteiger partial charge in [-0.2, -0.15) is 5.10 Å². The third-order valence-corrected chi connectivity index (χ3v) is 9.06. The van der Waals surface area contributed by atoms with E-state index in [-0.39, 0.29) is 28.9 Å². The molecule has 4 aromatic rings. The molecule has 5 rings (SSSR count). The minimum absolute atomic E-state index is 0.0368. The topological polar surface area (TPSA) is 104 Å². The van der Waals surface area contributed by atoms with Gasteiger partial charge in [-0.3, -0.25) is 9.89 Å². The maximum absolute atomic E-state index is 13.4. The molecule has 10 heteroatoms. The summed E-state index contributed by atoms with van der Waals surface area (Å²) in [6, 6.07) is 17.7. The van der Waals surface area contributed by atoms with Gasteiger partial charge in [0.15, 0.2) is 9.84 Å². The monoisotopic (exact) mass is 594 g/mol. The molecular formula is C31H35ClN4O4S. The fourth-order valence-corrected chi connectivity index (χ4v) is 6.33. The van der Waals surface area contributed by atoms with Crippen LogP contribution in [-0.4, -0.2) is 61.9 Å². The molecule has 0 unspecified atom stereocenters. The molecule has 41 heavy (non-hydrogen) atoms. The van der Waals surface area contributed by atoms with Crippen LogP contribution in [0, 0.1) is 5.92 Å². The van der Waals surface area contributed by atoms with E-state index in [1.165, 1.54) is 6.26 Å². The third kappa shape index (κ3) is 6.42. The highest BCUT2D eigenvalue weighted by atomic mass is 35.5. The number of aromatic nitrogens is 2. The number of amides is 1. The number of ether oxygens (including phenoxy) is 1. The zero-order valence-electron chi connectivity index (χ0n) is 23.6. The summed E-state index contributed by atoms with van der Waals surface area (Å²) in [5.41, 5.74) is 3.22. The lowest BCUT2D eigenvalue weighted by atomic mass is 9.95. The summed E-state index contributed by atoms with van der Waals surface area (Å²) in [4.78, 5) is 15.8. The lowest BCUT2D eigenvalue weighted by Crippen LogP contribution is -2.35. The van der Waals surface area contributed by atoms with Crippen LogP contribution in [0.3, 0.4) is 0 Å². The average molecular weight is 595 g/mol. The smallest absolute Gasteiger partial charge is 0.251 e. The molecule has 1 atom stereocenters. The summed E-state index contributed by atoms with van der Waals surface area (Å²) >= 11 is 6.44. The number of fused-ring (bicyclic) bond motifs is 1. The predicted molar refractivity (Wildman–Crippen MR) is 162 cm³/mol. The van der Waals surface area contributed by atoms with E-state index in [9.17, 15) is 13.2 Å². The summed E-state index contributed by atoms with van der Waals surface area (Å²) in [7, 11) is -1.52. The minimum atomic E-state index is -3.58. The quantitative estimate of drug-likeness (QED) is 0.264. The van der Waals surface area contributed by atoms with E-state index in [0.29, 0.717) is 33.0 Å². The van der Waals surface area contributed by atoms with Crippen molar-refractivity contribution in [2.45, 2.75) is 43.7 Å². The SMILES string of the molecule is CC(C)[C@H](NC(=O)c1ccc2[nH]nc(-c3ccc(OC4CCN(C)CC4)c(S(C)(=O)=O)c3)c2c1)c1ccccc1Cl. The molecule has 1 saturated heterocycles. The molecule has 0 saturated carbocycles. The second-order valence-corrected chi connectivity index (χ2v) is 13.5. The number of likely N-dealkylation sites (tertiary alicyclic amines) is 1. The fraction of sp³-hybridized carbons (Fsp3) is 0.355. The molecule has 1 aromatic heterocycles. The largest absolute Gasteiger partial charge is 0.489 e. The summed E-state index contributed by atoms with van der Waals surface area (Å²) in [5, 5.41) is 11.9. The molecule has 0 radical (unpaired) electrons. The van der Waals surface area contributed by atoms with Crippen molar-refractivity contribution in [1.29, 1.82) is 0 Å². The molecule has 0 spiro atoms. The van der Waals surface area contributed by atoms with Gasteiger partial charge in [-0.15, -0.1) is 0 Å². The number of carbonyl (C=O) groups excluding carboxylic acids is 1. The van der Waals surface area contributed by atoms with Gasteiger partial charge in [0.25, 0.3) is 5.91 Å². The van der Waals surface area contributed by atoms with E-state index in [2.05, 4.69) is 27.5 Å². The molecule has 3 aromatic carbocycles. The second kappa shape index (κ2) is 11.8. The Kier molecular flexibility index (Phi) is 8.40. The van der Waals surface area contributed by atoms with Gasteiger partial charge in [0.1, 0.15) is 16.7 Å². The maximum atomic E-state index is 13.4. The first kappa shape index (κ1) is 29.1. The zero-order chi connectivity index (χ0) is 29.3. The number of nitrogens with one attached hydrogen (secondary N) is 2. The van der Waals surface area contributed by atoms with Crippen molar-refractivity contribution in [2.24, 2.45) is 5.92 Å². The van der Waals surface area contributed by atoms with Crippen molar-refractivity contribution in [1.82, 2.24) is 20.4 Å². The van der Waals surface area contributed by atoms with Crippen LogP contribution < -0.4 is 10.1 Å². The van der Waals surface area contributed by atoms with Gasteiger partial charge in [-0.1, -0.05) is 43.6 Å². The van der Waals surface area contributed by atoms with Crippen LogP contribution in [-0.2, 0) is 9.84 Å². The first-order valence-electron chi connectivity index (χ1n) is 13.7. The normalized spacial score (nSPS) is 15.8. The van der Waals surface area contributed by atoms with Crippen molar-refractivity contribution in [3.05, 3.63) is 76.8 Å². The molecule has 1 aliphatic rings. The molecular weight excluding hydrogens is 560 g/mol. The average Bonchev–Trinajstić information content (AvgIpc) is 3.36. The number of aromatic amines is 1. The Labute approximate surface area is 246 Å². The number of piperidine rings is 1.